The first-order chi connectivity index (χ1) is 9.13. The van der Waals surface area contributed by atoms with Gasteiger partial charge in [-0.25, -0.2) is 14.5 Å². The molecule has 1 aromatic carbocycles. The fourth-order valence-electron chi connectivity index (χ4n) is 1.89. The third kappa shape index (κ3) is 2.85. The van der Waals surface area contributed by atoms with Crippen molar-refractivity contribution in [1.29, 1.82) is 0 Å². The summed E-state index contributed by atoms with van der Waals surface area (Å²) in [7, 11) is 1.55. The van der Waals surface area contributed by atoms with Crippen LogP contribution in [0.15, 0.2) is 30.3 Å². The zero-order valence-corrected chi connectivity index (χ0v) is 10.7. The summed E-state index contributed by atoms with van der Waals surface area (Å²) in [6.45, 7) is 0.0983. The number of benzene rings is 1. The van der Waals surface area contributed by atoms with E-state index in [0.717, 1.165) is 10.5 Å². The lowest BCUT2D eigenvalue weighted by atomic mass is 10.2. The monoisotopic (exact) mass is 264 g/mol. The van der Waals surface area contributed by atoms with Crippen LogP contribution in [-0.2, 0) is 11.3 Å². The van der Waals surface area contributed by atoms with E-state index in [1.807, 2.05) is 30.3 Å². The molecule has 1 N–H and O–H groups in total. The molecule has 1 atom stereocenters. The Morgan fingerprint density at radius 2 is 2.11 bits per heavy atom. The SMILES string of the molecule is CN1C(=O)N(C(=O)OCc2ccccc2)CC1CO. The summed E-state index contributed by atoms with van der Waals surface area (Å²) in [5.74, 6) is 0. The minimum Gasteiger partial charge on any atom is -0.444 e. The first-order valence-electron chi connectivity index (χ1n) is 5.99. The van der Waals surface area contributed by atoms with Gasteiger partial charge in [-0.3, -0.25) is 0 Å². The lowest BCUT2D eigenvalue weighted by Gasteiger charge is -2.14. The van der Waals surface area contributed by atoms with Crippen molar-refractivity contribution in [3.8, 4) is 0 Å². The quantitative estimate of drug-likeness (QED) is 0.886. The fourth-order valence-corrected chi connectivity index (χ4v) is 1.89. The van der Waals surface area contributed by atoms with Crippen LogP contribution < -0.4 is 0 Å². The van der Waals surface area contributed by atoms with E-state index in [1.54, 1.807) is 7.05 Å². The van der Waals surface area contributed by atoms with Gasteiger partial charge < -0.3 is 14.7 Å². The first kappa shape index (κ1) is 13.4. The van der Waals surface area contributed by atoms with E-state index in [4.69, 9.17) is 9.84 Å². The Labute approximate surface area is 111 Å². The van der Waals surface area contributed by atoms with Crippen molar-refractivity contribution >= 4 is 12.1 Å². The van der Waals surface area contributed by atoms with Gasteiger partial charge in [-0.15, -0.1) is 0 Å². The minimum atomic E-state index is -0.684. The summed E-state index contributed by atoms with van der Waals surface area (Å²) in [4.78, 5) is 25.9. The Balaban J connectivity index is 1.92. The summed E-state index contributed by atoms with van der Waals surface area (Å²) >= 11 is 0. The van der Waals surface area contributed by atoms with Crippen LogP contribution in [0, 0.1) is 0 Å². The van der Waals surface area contributed by atoms with Gasteiger partial charge in [-0.1, -0.05) is 30.3 Å². The fraction of sp³-hybridized carbons (Fsp3) is 0.385. The standard InChI is InChI=1S/C13H16N2O4/c1-14-11(8-16)7-15(12(14)17)13(18)19-9-10-5-3-2-4-6-10/h2-6,11,16H,7-9H2,1H3. The van der Waals surface area contributed by atoms with Crippen LogP contribution >= 0.6 is 0 Å². The smallest absolute Gasteiger partial charge is 0.418 e. The maximum absolute atomic E-state index is 11.8. The van der Waals surface area contributed by atoms with Gasteiger partial charge in [0.1, 0.15) is 6.61 Å². The van der Waals surface area contributed by atoms with Crippen LogP contribution in [-0.4, -0.2) is 53.3 Å². The number of ether oxygens (including phenoxy) is 1. The number of amides is 3. The number of urea groups is 1. The lowest BCUT2D eigenvalue weighted by molar-refractivity contribution is 0.108. The second-order valence-corrected chi connectivity index (χ2v) is 4.38. The molecule has 1 aliphatic heterocycles. The number of carbonyl (C=O) groups excluding carboxylic acids is 2. The van der Waals surface area contributed by atoms with E-state index in [9.17, 15) is 9.59 Å². The molecule has 1 heterocycles. The molecule has 0 radical (unpaired) electrons. The molecule has 0 aromatic heterocycles. The van der Waals surface area contributed by atoms with Crippen LogP contribution in [0.25, 0.3) is 0 Å². The Morgan fingerprint density at radius 1 is 1.42 bits per heavy atom. The highest BCUT2D eigenvalue weighted by atomic mass is 16.6. The molecule has 1 saturated heterocycles. The second kappa shape index (κ2) is 5.71. The van der Waals surface area contributed by atoms with E-state index in [1.165, 1.54) is 4.90 Å². The van der Waals surface area contributed by atoms with Crippen molar-refractivity contribution in [3.63, 3.8) is 0 Å². The number of nitrogens with zero attached hydrogens (tertiary/aromatic N) is 2. The number of hydrogen-bond donors (Lipinski definition) is 1. The van der Waals surface area contributed by atoms with Gasteiger partial charge in [-0.05, 0) is 5.56 Å². The highest BCUT2D eigenvalue weighted by molar-refractivity contribution is 5.92. The average Bonchev–Trinajstić information content (AvgIpc) is 2.73. The molecule has 0 spiro atoms. The Morgan fingerprint density at radius 3 is 2.68 bits per heavy atom. The zero-order chi connectivity index (χ0) is 13.8. The van der Waals surface area contributed by atoms with Gasteiger partial charge in [-0.2, -0.15) is 0 Å². The Kier molecular flexibility index (Phi) is 4.01. The first-order valence-corrected chi connectivity index (χ1v) is 5.99. The molecular formula is C13H16N2O4. The van der Waals surface area contributed by atoms with E-state index < -0.39 is 12.1 Å². The van der Waals surface area contributed by atoms with Crippen LogP contribution in [0.4, 0.5) is 9.59 Å². The number of aliphatic hydroxyl groups is 1. The lowest BCUT2D eigenvalue weighted by Crippen LogP contribution is -2.35. The van der Waals surface area contributed by atoms with Crippen molar-refractivity contribution in [2.45, 2.75) is 12.6 Å². The third-order valence-electron chi connectivity index (χ3n) is 3.11. The van der Waals surface area contributed by atoms with Crippen molar-refractivity contribution in [1.82, 2.24) is 9.80 Å². The van der Waals surface area contributed by atoms with Crippen LogP contribution in [0.2, 0.25) is 0 Å². The predicted octanol–water partition coefficient (Wildman–Crippen LogP) is 1.05. The minimum absolute atomic E-state index is 0.122. The van der Waals surface area contributed by atoms with Crippen molar-refractivity contribution in [3.05, 3.63) is 35.9 Å². The molecule has 0 aliphatic carbocycles. The van der Waals surface area contributed by atoms with Crippen LogP contribution in [0.3, 0.4) is 0 Å². The van der Waals surface area contributed by atoms with E-state index in [2.05, 4.69) is 0 Å². The van der Waals surface area contributed by atoms with Crippen molar-refractivity contribution in [2.75, 3.05) is 20.2 Å². The summed E-state index contributed by atoms with van der Waals surface area (Å²) in [6, 6.07) is 8.42. The molecule has 19 heavy (non-hydrogen) atoms. The maximum atomic E-state index is 11.8. The van der Waals surface area contributed by atoms with E-state index in [-0.39, 0.29) is 25.8 Å². The average molecular weight is 264 g/mol. The van der Waals surface area contributed by atoms with Crippen molar-refractivity contribution in [2.24, 2.45) is 0 Å². The number of aliphatic hydroxyl groups excluding tert-OH is 1. The normalized spacial score (nSPS) is 18.8. The molecule has 6 nitrogen and oxygen atoms in total. The number of rotatable bonds is 3. The van der Waals surface area contributed by atoms with Gasteiger partial charge >= 0.3 is 12.1 Å². The summed E-state index contributed by atoms with van der Waals surface area (Å²) in [6.07, 6.45) is -0.684. The Bertz CT molecular complexity index is 463. The third-order valence-corrected chi connectivity index (χ3v) is 3.11. The summed E-state index contributed by atoms with van der Waals surface area (Å²) in [5.41, 5.74) is 0.856. The second-order valence-electron chi connectivity index (χ2n) is 4.38. The number of likely N-dealkylation sites (N-methyl/N-ethyl adjacent to an activating group) is 1. The van der Waals surface area contributed by atoms with Gasteiger partial charge in [0, 0.05) is 7.05 Å². The highest BCUT2D eigenvalue weighted by Crippen LogP contribution is 2.15. The molecule has 3 amide bonds. The number of imide groups is 1. The molecular weight excluding hydrogens is 248 g/mol. The van der Waals surface area contributed by atoms with Gasteiger partial charge in [0.25, 0.3) is 0 Å². The van der Waals surface area contributed by atoms with E-state index in [0.29, 0.717) is 0 Å². The molecule has 0 bridgehead atoms. The van der Waals surface area contributed by atoms with Crippen LogP contribution in [0.5, 0.6) is 0 Å². The topological polar surface area (TPSA) is 70.1 Å². The van der Waals surface area contributed by atoms with Crippen LogP contribution in [0.1, 0.15) is 5.56 Å². The maximum Gasteiger partial charge on any atom is 0.418 e. The number of carbonyl (C=O) groups is 2. The van der Waals surface area contributed by atoms with E-state index >= 15 is 0 Å². The largest absolute Gasteiger partial charge is 0.444 e. The molecule has 1 aromatic rings. The molecule has 102 valence electrons. The summed E-state index contributed by atoms with van der Waals surface area (Å²) < 4.78 is 5.08. The molecule has 0 saturated carbocycles. The van der Waals surface area contributed by atoms with Gasteiger partial charge in [0.15, 0.2) is 0 Å². The van der Waals surface area contributed by atoms with Gasteiger partial charge in [0.2, 0.25) is 0 Å². The zero-order valence-electron chi connectivity index (χ0n) is 10.7. The molecule has 2 rings (SSSR count). The molecule has 1 fully saturated rings. The van der Waals surface area contributed by atoms with Gasteiger partial charge in [0.05, 0.1) is 19.2 Å². The molecule has 1 unspecified atom stereocenters. The highest BCUT2D eigenvalue weighted by Gasteiger charge is 2.38. The predicted molar refractivity (Wildman–Crippen MR) is 67.4 cm³/mol. The summed E-state index contributed by atoms with van der Waals surface area (Å²) in [5, 5.41) is 9.09. The number of hydrogen-bond acceptors (Lipinski definition) is 4. The van der Waals surface area contributed by atoms with Crippen molar-refractivity contribution < 1.29 is 19.4 Å². The molecule has 6 heteroatoms. The Hall–Kier alpha value is -2.08. The molecule has 1 aliphatic rings.